The van der Waals surface area contributed by atoms with Gasteiger partial charge >= 0.3 is 0 Å². The zero-order valence-electron chi connectivity index (χ0n) is 8.72. The molecule has 16 heavy (non-hydrogen) atoms. The predicted octanol–water partition coefficient (Wildman–Crippen LogP) is 2.96. The van der Waals surface area contributed by atoms with Crippen molar-refractivity contribution >= 4 is 47.2 Å². The van der Waals surface area contributed by atoms with Crippen molar-refractivity contribution in [1.82, 2.24) is 5.32 Å². The molecule has 0 fully saturated rings. The third-order valence-corrected chi connectivity index (χ3v) is 2.54. The van der Waals surface area contributed by atoms with E-state index in [1.54, 1.807) is 25.2 Å². The first-order chi connectivity index (χ1) is 7.13. The molecular weight excluding hydrogens is 270 g/mol. The van der Waals surface area contributed by atoms with Crippen molar-refractivity contribution in [2.75, 3.05) is 18.9 Å². The first-order valence-electron chi connectivity index (χ1n) is 4.53. The van der Waals surface area contributed by atoms with Gasteiger partial charge in [0.1, 0.15) is 0 Å². The second kappa shape index (κ2) is 7.74. The Morgan fingerprint density at radius 3 is 2.56 bits per heavy atom. The monoisotopic (exact) mass is 282 g/mol. The van der Waals surface area contributed by atoms with Crippen LogP contribution >= 0.6 is 35.6 Å². The molecule has 0 heterocycles. The second-order valence-electron chi connectivity index (χ2n) is 3.03. The first-order valence-corrected chi connectivity index (χ1v) is 5.28. The molecule has 0 aliphatic rings. The maximum Gasteiger partial charge on any atom is 0.225 e. The second-order valence-corrected chi connectivity index (χ2v) is 3.85. The maximum absolute atomic E-state index is 11.3. The van der Waals surface area contributed by atoms with E-state index in [-0.39, 0.29) is 18.3 Å². The van der Waals surface area contributed by atoms with E-state index in [0.29, 0.717) is 28.7 Å². The van der Waals surface area contributed by atoms with Crippen molar-refractivity contribution in [2.24, 2.45) is 0 Å². The third kappa shape index (κ3) is 5.03. The number of halogens is 3. The van der Waals surface area contributed by atoms with Gasteiger partial charge in [-0.2, -0.15) is 0 Å². The quantitative estimate of drug-likeness (QED) is 0.892. The minimum atomic E-state index is -0.0530. The Morgan fingerprint density at radius 2 is 2.00 bits per heavy atom. The molecule has 0 aliphatic heterocycles. The molecule has 0 aromatic heterocycles. The number of nitrogens with one attached hydrogen (secondary N) is 2. The number of anilines is 1. The summed E-state index contributed by atoms with van der Waals surface area (Å²) in [5, 5.41) is 6.53. The van der Waals surface area contributed by atoms with Crippen LogP contribution in [-0.2, 0) is 4.79 Å². The zero-order valence-corrected chi connectivity index (χ0v) is 11.0. The van der Waals surface area contributed by atoms with E-state index in [1.165, 1.54) is 0 Å². The Balaban J connectivity index is 0.00000225. The van der Waals surface area contributed by atoms with Crippen LogP contribution in [-0.4, -0.2) is 19.5 Å². The summed E-state index contributed by atoms with van der Waals surface area (Å²) in [6.45, 7) is 0.646. The summed E-state index contributed by atoms with van der Waals surface area (Å²) in [6, 6.07) is 4.99. The number of hydrogen-bond acceptors (Lipinski definition) is 2. The summed E-state index contributed by atoms with van der Waals surface area (Å²) in [6.07, 6.45) is 0.427. The van der Waals surface area contributed by atoms with E-state index in [2.05, 4.69) is 10.6 Å². The van der Waals surface area contributed by atoms with Crippen LogP contribution in [0.15, 0.2) is 18.2 Å². The summed E-state index contributed by atoms with van der Waals surface area (Å²) < 4.78 is 0. The normalized spacial score (nSPS) is 9.44. The highest BCUT2D eigenvalue weighted by Gasteiger charge is 2.03. The van der Waals surface area contributed by atoms with Gasteiger partial charge in [0.25, 0.3) is 0 Å². The molecule has 6 heteroatoms. The van der Waals surface area contributed by atoms with Gasteiger partial charge in [0.15, 0.2) is 0 Å². The molecule has 1 aromatic rings. The van der Waals surface area contributed by atoms with Crippen molar-refractivity contribution < 1.29 is 4.79 Å². The number of carbonyl (C=O) groups is 1. The Morgan fingerprint density at radius 1 is 1.31 bits per heavy atom. The lowest BCUT2D eigenvalue weighted by molar-refractivity contribution is -0.116. The van der Waals surface area contributed by atoms with Gasteiger partial charge in [0.2, 0.25) is 5.91 Å². The van der Waals surface area contributed by atoms with Crippen molar-refractivity contribution in [3.05, 3.63) is 28.2 Å². The molecule has 1 amide bonds. The van der Waals surface area contributed by atoms with E-state index in [1.807, 2.05) is 0 Å². The Kier molecular flexibility index (Phi) is 7.51. The van der Waals surface area contributed by atoms with E-state index in [4.69, 9.17) is 23.2 Å². The summed E-state index contributed by atoms with van der Waals surface area (Å²) in [5.74, 6) is -0.0530. The zero-order chi connectivity index (χ0) is 11.3. The minimum Gasteiger partial charge on any atom is -0.326 e. The fraction of sp³-hybridized carbons (Fsp3) is 0.300. The van der Waals surface area contributed by atoms with E-state index >= 15 is 0 Å². The van der Waals surface area contributed by atoms with Gasteiger partial charge in [-0.25, -0.2) is 0 Å². The Labute approximate surface area is 111 Å². The van der Waals surface area contributed by atoms with E-state index < -0.39 is 0 Å². The fourth-order valence-electron chi connectivity index (χ4n) is 1.04. The summed E-state index contributed by atoms with van der Waals surface area (Å²) in [5.41, 5.74) is 0.658. The topological polar surface area (TPSA) is 41.1 Å². The van der Waals surface area contributed by atoms with Crippen molar-refractivity contribution in [3.8, 4) is 0 Å². The third-order valence-electron chi connectivity index (χ3n) is 1.81. The van der Waals surface area contributed by atoms with Gasteiger partial charge in [-0.05, 0) is 25.2 Å². The van der Waals surface area contributed by atoms with Crippen LogP contribution in [0.3, 0.4) is 0 Å². The Hall–Kier alpha value is -0.480. The largest absolute Gasteiger partial charge is 0.326 e. The number of hydrogen-bond donors (Lipinski definition) is 2. The molecule has 1 aromatic carbocycles. The first kappa shape index (κ1) is 15.5. The van der Waals surface area contributed by atoms with Crippen LogP contribution in [0.4, 0.5) is 5.69 Å². The highest BCUT2D eigenvalue weighted by atomic mass is 35.5. The van der Waals surface area contributed by atoms with Crippen molar-refractivity contribution in [2.45, 2.75) is 6.42 Å². The lowest BCUT2D eigenvalue weighted by Crippen LogP contribution is -2.18. The molecule has 0 saturated heterocycles. The number of rotatable bonds is 4. The van der Waals surface area contributed by atoms with E-state index in [9.17, 15) is 4.79 Å². The van der Waals surface area contributed by atoms with Gasteiger partial charge in [-0.15, -0.1) is 12.4 Å². The highest BCUT2D eigenvalue weighted by molar-refractivity contribution is 6.42. The molecule has 2 N–H and O–H groups in total. The average Bonchev–Trinajstić information content (AvgIpc) is 2.20. The number of amides is 1. The van der Waals surface area contributed by atoms with Crippen LogP contribution < -0.4 is 10.6 Å². The molecule has 1 rings (SSSR count). The molecule has 0 radical (unpaired) electrons. The lowest BCUT2D eigenvalue weighted by atomic mass is 10.3. The molecule has 0 atom stereocenters. The molecule has 0 unspecified atom stereocenters. The highest BCUT2D eigenvalue weighted by Crippen LogP contribution is 2.24. The fourth-order valence-corrected chi connectivity index (χ4v) is 1.33. The SMILES string of the molecule is CNCCC(=O)Nc1ccc(Cl)c(Cl)c1.Cl. The molecular formula is C10H13Cl3N2O. The van der Waals surface area contributed by atoms with Crippen LogP contribution in [0.1, 0.15) is 6.42 Å². The molecule has 0 spiro atoms. The van der Waals surface area contributed by atoms with Crippen LogP contribution in [0.25, 0.3) is 0 Å². The van der Waals surface area contributed by atoms with Gasteiger partial charge < -0.3 is 10.6 Å². The van der Waals surface area contributed by atoms with Crippen LogP contribution in [0, 0.1) is 0 Å². The molecule has 0 saturated carbocycles. The van der Waals surface area contributed by atoms with Gasteiger partial charge in [-0.3, -0.25) is 4.79 Å². The van der Waals surface area contributed by atoms with E-state index in [0.717, 1.165) is 0 Å². The van der Waals surface area contributed by atoms with Crippen molar-refractivity contribution in [1.29, 1.82) is 0 Å². The van der Waals surface area contributed by atoms with Crippen LogP contribution in [0.2, 0.25) is 10.0 Å². The predicted molar refractivity (Wildman–Crippen MR) is 70.9 cm³/mol. The van der Waals surface area contributed by atoms with Crippen LogP contribution in [0.5, 0.6) is 0 Å². The molecule has 0 aliphatic carbocycles. The number of carbonyl (C=O) groups excluding carboxylic acids is 1. The standard InChI is InChI=1S/C10H12Cl2N2O.ClH/c1-13-5-4-10(15)14-7-2-3-8(11)9(12)6-7;/h2-3,6,13H,4-5H2,1H3,(H,14,15);1H. The average molecular weight is 284 g/mol. The smallest absolute Gasteiger partial charge is 0.225 e. The molecule has 90 valence electrons. The maximum atomic E-state index is 11.3. The summed E-state index contributed by atoms with van der Waals surface area (Å²) >= 11 is 11.6. The van der Waals surface area contributed by atoms with Gasteiger partial charge in [-0.1, -0.05) is 23.2 Å². The van der Waals surface area contributed by atoms with Gasteiger partial charge in [0, 0.05) is 18.7 Å². The summed E-state index contributed by atoms with van der Waals surface area (Å²) in [4.78, 5) is 11.3. The number of benzene rings is 1. The lowest BCUT2D eigenvalue weighted by Gasteiger charge is -2.05. The minimum absolute atomic E-state index is 0. The van der Waals surface area contributed by atoms with Crippen molar-refractivity contribution in [3.63, 3.8) is 0 Å². The summed E-state index contributed by atoms with van der Waals surface area (Å²) in [7, 11) is 1.80. The molecule has 0 bridgehead atoms. The van der Waals surface area contributed by atoms with Gasteiger partial charge in [0.05, 0.1) is 10.0 Å². The Bertz CT molecular complexity index is 358. The molecule has 3 nitrogen and oxygen atoms in total.